The number of esters is 1. The SMILES string of the molecule is CCOC(=O)CCN(CCCn1ccnc1)C(=O)Nc1cccc(Cl)c1. The first-order chi connectivity index (χ1) is 12.6. The lowest BCUT2D eigenvalue weighted by Crippen LogP contribution is -2.37. The Labute approximate surface area is 157 Å². The van der Waals surface area contributed by atoms with Crippen LogP contribution in [0.5, 0.6) is 0 Å². The molecule has 1 N–H and O–H groups in total. The summed E-state index contributed by atoms with van der Waals surface area (Å²) in [4.78, 5) is 29.8. The van der Waals surface area contributed by atoms with Gasteiger partial charge in [-0.25, -0.2) is 9.78 Å². The van der Waals surface area contributed by atoms with Gasteiger partial charge in [-0.15, -0.1) is 0 Å². The van der Waals surface area contributed by atoms with Gasteiger partial charge < -0.3 is 19.5 Å². The highest BCUT2D eigenvalue weighted by Crippen LogP contribution is 2.15. The van der Waals surface area contributed by atoms with Crippen molar-refractivity contribution < 1.29 is 14.3 Å². The van der Waals surface area contributed by atoms with Gasteiger partial charge in [0.15, 0.2) is 0 Å². The summed E-state index contributed by atoms with van der Waals surface area (Å²) in [5.74, 6) is -0.317. The fourth-order valence-corrected chi connectivity index (χ4v) is 2.60. The molecule has 1 aromatic heterocycles. The van der Waals surface area contributed by atoms with Gasteiger partial charge in [0, 0.05) is 42.7 Å². The van der Waals surface area contributed by atoms with Gasteiger partial charge in [0.2, 0.25) is 0 Å². The van der Waals surface area contributed by atoms with E-state index in [1.165, 1.54) is 0 Å². The fourth-order valence-electron chi connectivity index (χ4n) is 2.41. The molecule has 2 aromatic rings. The van der Waals surface area contributed by atoms with Gasteiger partial charge in [0.05, 0.1) is 19.4 Å². The van der Waals surface area contributed by atoms with Gasteiger partial charge in [-0.1, -0.05) is 17.7 Å². The first kappa shape index (κ1) is 19.8. The molecule has 0 aliphatic carbocycles. The first-order valence-corrected chi connectivity index (χ1v) is 8.89. The second-order valence-corrected chi connectivity index (χ2v) is 6.07. The molecule has 0 atom stereocenters. The van der Waals surface area contributed by atoms with Crippen LogP contribution in [0.2, 0.25) is 5.02 Å². The zero-order chi connectivity index (χ0) is 18.8. The van der Waals surface area contributed by atoms with Crippen molar-refractivity contribution in [1.82, 2.24) is 14.5 Å². The number of hydrogen-bond acceptors (Lipinski definition) is 4. The molecule has 1 heterocycles. The van der Waals surface area contributed by atoms with Crippen molar-refractivity contribution in [2.75, 3.05) is 25.0 Å². The highest BCUT2D eigenvalue weighted by atomic mass is 35.5. The van der Waals surface area contributed by atoms with Crippen LogP contribution in [0.25, 0.3) is 0 Å². The number of aromatic nitrogens is 2. The van der Waals surface area contributed by atoms with Crippen molar-refractivity contribution in [2.45, 2.75) is 26.3 Å². The van der Waals surface area contributed by atoms with Crippen molar-refractivity contribution in [2.24, 2.45) is 0 Å². The molecule has 0 fully saturated rings. The smallest absolute Gasteiger partial charge is 0.321 e. The van der Waals surface area contributed by atoms with Gasteiger partial charge >= 0.3 is 12.0 Å². The fraction of sp³-hybridized carbons (Fsp3) is 0.389. The number of ether oxygens (including phenoxy) is 1. The summed E-state index contributed by atoms with van der Waals surface area (Å²) in [7, 11) is 0. The van der Waals surface area contributed by atoms with Crippen LogP contribution in [0.3, 0.4) is 0 Å². The molecule has 2 amide bonds. The van der Waals surface area contributed by atoms with Crippen molar-refractivity contribution >= 4 is 29.3 Å². The van der Waals surface area contributed by atoms with Crippen molar-refractivity contribution in [3.63, 3.8) is 0 Å². The second-order valence-electron chi connectivity index (χ2n) is 5.64. The van der Waals surface area contributed by atoms with E-state index >= 15 is 0 Å². The predicted molar refractivity (Wildman–Crippen MR) is 100 cm³/mol. The molecule has 8 heteroatoms. The zero-order valence-electron chi connectivity index (χ0n) is 14.7. The number of amides is 2. The molecule has 0 bridgehead atoms. The molecule has 7 nitrogen and oxygen atoms in total. The summed E-state index contributed by atoms with van der Waals surface area (Å²) >= 11 is 5.95. The van der Waals surface area contributed by atoms with E-state index in [4.69, 9.17) is 16.3 Å². The summed E-state index contributed by atoms with van der Waals surface area (Å²) in [5, 5.41) is 3.36. The molecule has 140 valence electrons. The molecule has 0 spiro atoms. The predicted octanol–water partition coefficient (Wildman–Crippen LogP) is 3.41. The number of rotatable bonds is 9. The number of benzene rings is 1. The number of anilines is 1. The Morgan fingerprint density at radius 3 is 2.88 bits per heavy atom. The Kier molecular flexibility index (Phi) is 7.95. The Balaban J connectivity index is 1.93. The third-order valence-electron chi connectivity index (χ3n) is 3.66. The van der Waals surface area contributed by atoms with Crippen molar-refractivity contribution in [3.05, 3.63) is 48.0 Å². The Morgan fingerprint density at radius 1 is 1.35 bits per heavy atom. The van der Waals surface area contributed by atoms with Crippen LogP contribution in [0.1, 0.15) is 19.8 Å². The van der Waals surface area contributed by atoms with Crippen molar-refractivity contribution in [3.8, 4) is 0 Å². The summed E-state index contributed by atoms with van der Waals surface area (Å²) < 4.78 is 6.89. The average Bonchev–Trinajstić information content (AvgIpc) is 3.11. The van der Waals surface area contributed by atoms with Crippen LogP contribution in [-0.4, -0.2) is 46.1 Å². The molecule has 0 saturated carbocycles. The molecule has 0 radical (unpaired) electrons. The van der Waals surface area contributed by atoms with E-state index in [-0.39, 0.29) is 25.0 Å². The van der Waals surface area contributed by atoms with Crippen LogP contribution in [0.4, 0.5) is 10.5 Å². The maximum Gasteiger partial charge on any atom is 0.321 e. The number of nitrogens with one attached hydrogen (secondary N) is 1. The quantitative estimate of drug-likeness (QED) is 0.678. The van der Waals surface area contributed by atoms with E-state index in [0.29, 0.717) is 23.9 Å². The number of urea groups is 1. The molecular weight excluding hydrogens is 356 g/mol. The number of imidazole rings is 1. The van der Waals surface area contributed by atoms with E-state index in [9.17, 15) is 9.59 Å². The molecule has 0 aliphatic rings. The molecule has 0 aliphatic heterocycles. The van der Waals surface area contributed by atoms with E-state index < -0.39 is 0 Å². The number of aryl methyl sites for hydroxylation is 1. The van der Waals surface area contributed by atoms with Gasteiger partial charge in [0.1, 0.15) is 0 Å². The minimum Gasteiger partial charge on any atom is -0.466 e. The van der Waals surface area contributed by atoms with Gasteiger partial charge in [-0.3, -0.25) is 4.79 Å². The standard InChI is InChI=1S/C18H23ClN4O3/c1-2-26-17(24)7-11-23(10-4-9-22-12-8-20-14-22)18(25)21-16-6-3-5-15(19)13-16/h3,5-6,8,12-14H,2,4,7,9-11H2,1H3,(H,21,25). The third-order valence-corrected chi connectivity index (χ3v) is 3.89. The summed E-state index contributed by atoms with van der Waals surface area (Å²) in [6, 6.07) is 6.66. The largest absolute Gasteiger partial charge is 0.466 e. The van der Waals surface area contributed by atoms with E-state index in [0.717, 1.165) is 13.0 Å². The van der Waals surface area contributed by atoms with E-state index in [1.807, 2.05) is 10.8 Å². The lowest BCUT2D eigenvalue weighted by Gasteiger charge is -2.23. The van der Waals surface area contributed by atoms with Crippen LogP contribution >= 0.6 is 11.6 Å². The highest BCUT2D eigenvalue weighted by molar-refractivity contribution is 6.30. The summed E-state index contributed by atoms with van der Waals surface area (Å²) in [5.41, 5.74) is 0.609. The van der Waals surface area contributed by atoms with Gasteiger partial charge in [-0.2, -0.15) is 0 Å². The zero-order valence-corrected chi connectivity index (χ0v) is 15.5. The van der Waals surface area contributed by atoms with Gasteiger partial charge in [-0.05, 0) is 31.5 Å². The average molecular weight is 379 g/mol. The third kappa shape index (κ3) is 6.76. The Hall–Kier alpha value is -2.54. The lowest BCUT2D eigenvalue weighted by molar-refractivity contribution is -0.143. The van der Waals surface area contributed by atoms with Crippen LogP contribution in [0.15, 0.2) is 43.0 Å². The van der Waals surface area contributed by atoms with E-state index in [2.05, 4.69) is 10.3 Å². The highest BCUT2D eigenvalue weighted by Gasteiger charge is 2.15. The normalized spacial score (nSPS) is 10.4. The number of halogens is 1. The minimum atomic E-state index is -0.317. The number of carbonyl (C=O) groups is 2. The summed E-state index contributed by atoms with van der Waals surface area (Å²) in [6.07, 6.45) is 6.21. The maximum absolute atomic E-state index is 12.6. The summed E-state index contributed by atoms with van der Waals surface area (Å²) in [6.45, 7) is 3.61. The van der Waals surface area contributed by atoms with Crippen LogP contribution < -0.4 is 5.32 Å². The Morgan fingerprint density at radius 2 is 2.19 bits per heavy atom. The molecule has 2 rings (SSSR count). The first-order valence-electron chi connectivity index (χ1n) is 8.51. The van der Waals surface area contributed by atoms with Gasteiger partial charge in [0.25, 0.3) is 0 Å². The molecule has 0 saturated heterocycles. The lowest BCUT2D eigenvalue weighted by atomic mass is 10.3. The number of hydrogen-bond donors (Lipinski definition) is 1. The Bertz CT molecular complexity index is 706. The van der Waals surface area contributed by atoms with Crippen molar-refractivity contribution in [1.29, 1.82) is 0 Å². The second kappa shape index (κ2) is 10.5. The van der Waals surface area contributed by atoms with E-state index in [1.54, 1.807) is 48.6 Å². The van der Waals surface area contributed by atoms with Crippen LogP contribution in [0, 0.1) is 0 Å². The maximum atomic E-state index is 12.6. The molecular formula is C18H23ClN4O3. The molecule has 1 aromatic carbocycles. The minimum absolute atomic E-state index is 0.155. The topological polar surface area (TPSA) is 76.5 Å². The number of carbonyl (C=O) groups excluding carboxylic acids is 2. The molecule has 26 heavy (non-hydrogen) atoms. The van der Waals surface area contributed by atoms with Crippen LogP contribution in [-0.2, 0) is 16.1 Å². The molecule has 0 unspecified atom stereocenters. The number of nitrogens with zero attached hydrogens (tertiary/aromatic N) is 3. The monoisotopic (exact) mass is 378 g/mol.